The van der Waals surface area contributed by atoms with Gasteiger partial charge in [0.25, 0.3) is 11.4 Å². The zero-order chi connectivity index (χ0) is 13.4. The highest BCUT2D eigenvalue weighted by Gasteiger charge is 2.08. The second-order valence-electron chi connectivity index (χ2n) is 2.94. The van der Waals surface area contributed by atoms with Crippen LogP contribution in [0, 0.1) is 20.2 Å². The van der Waals surface area contributed by atoms with Gasteiger partial charge < -0.3 is 0 Å². The van der Waals surface area contributed by atoms with Gasteiger partial charge in [-0.1, -0.05) is 0 Å². The van der Waals surface area contributed by atoms with Crippen molar-refractivity contribution in [1.82, 2.24) is 10.2 Å². The molecule has 0 spiro atoms. The molecule has 0 unspecified atom stereocenters. The van der Waals surface area contributed by atoms with Gasteiger partial charge in [0.15, 0.2) is 0 Å². The molecule has 1 heterocycles. The first-order valence-corrected chi connectivity index (χ1v) is 4.72. The molecule has 18 heavy (non-hydrogen) atoms. The van der Waals surface area contributed by atoms with Crippen LogP contribution in [0.5, 0.6) is 0 Å². The monoisotopic (exact) mass is 248 g/mol. The Bertz CT molecular complexity index is 455. The van der Waals surface area contributed by atoms with E-state index in [0.717, 1.165) is 24.3 Å². The molecule has 0 aliphatic carbocycles. The molecule has 8 nitrogen and oxygen atoms in total. The van der Waals surface area contributed by atoms with Crippen LogP contribution >= 0.6 is 0 Å². The lowest BCUT2D eigenvalue weighted by Crippen LogP contribution is -1.90. The lowest BCUT2D eigenvalue weighted by atomic mass is 10.3. The summed E-state index contributed by atoms with van der Waals surface area (Å²) in [5, 5.41) is 27.3. The van der Waals surface area contributed by atoms with Gasteiger partial charge in [-0.3, -0.25) is 20.2 Å². The van der Waals surface area contributed by atoms with Gasteiger partial charge >= 0.3 is 0 Å². The van der Waals surface area contributed by atoms with Crippen molar-refractivity contribution >= 4 is 11.4 Å². The van der Waals surface area contributed by atoms with Crippen molar-refractivity contribution < 1.29 is 9.85 Å². The minimum Gasteiger partial charge on any atom is -0.258 e. The molecule has 0 saturated carbocycles. The van der Waals surface area contributed by atoms with E-state index in [-0.39, 0.29) is 11.4 Å². The lowest BCUT2D eigenvalue weighted by Gasteiger charge is -1.90. The lowest BCUT2D eigenvalue weighted by molar-refractivity contribution is -0.389. The maximum Gasteiger partial charge on any atom is 0.269 e. The Hall–Kier alpha value is -2.90. The third-order valence-electron chi connectivity index (χ3n) is 1.75. The highest BCUT2D eigenvalue weighted by molar-refractivity contribution is 5.39. The first-order chi connectivity index (χ1) is 8.61. The molecule has 0 atom stereocenters. The van der Waals surface area contributed by atoms with Gasteiger partial charge in [0.05, 0.1) is 9.85 Å². The Morgan fingerprint density at radius 1 is 0.778 bits per heavy atom. The predicted molar refractivity (Wildman–Crippen MR) is 61.8 cm³/mol. The van der Waals surface area contributed by atoms with Gasteiger partial charge in [-0.05, 0) is 12.1 Å². The zero-order valence-electron chi connectivity index (χ0n) is 9.04. The summed E-state index contributed by atoms with van der Waals surface area (Å²) in [5.41, 5.74) is -0.304. The van der Waals surface area contributed by atoms with E-state index >= 15 is 0 Å². The Morgan fingerprint density at radius 2 is 1.11 bits per heavy atom. The maximum absolute atomic E-state index is 10.1. The third-order valence-corrected chi connectivity index (χ3v) is 1.75. The number of nitro benzene ring substituents is 2. The average molecular weight is 248 g/mol. The van der Waals surface area contributed by atoms with Crippen LogP contribution < -0.4 is 0 Å². The average Bonchev–Trinajstić information content (AvgIpc) is 2.41. The summed E-state index contributed by atoms with van der Waals surface area (Å²) in [4.78, 5) is 19.0. The van der Waals surface area contributed by atoms with Crippen molar-refractivity contribution in [3.8, 4) is 0 Å². The van der Waals surface area contributed by atoms with Crippen molar-refractivity contribution in [1.29, 1.82) is 0 Å². The van der Waals surface area contributed by atoms with Gasteiger partial charge in [0.2, 0.25) is 0 Å². The Morgan fingerprint density at radius 3 is 1.28 bits per heavy atom. The second kappa shape index (κ2) is 6.63. The van der Waals surface area contributed by atoms with Crippen LogP contribution in [-0.4, -0.2) is 20.0 Å². The SMILES string of the molecule is O=[N+]([O-])c1ccc([N+](=O)[O-])cc1.c1ccnnc1. The molecule has 2 rings (SSSR count). The van der Waals surface area contributed by atoms with Crippen molar-refractivity contribution in [3.05, 3.63) is 69.0 Å². The summed E-state index contributed by atoms with van der Waals surface area (Å²) in [5.74, 6) is 0. The fraction of sp³-hybridized carbons (Fsp3) is 0. The summed E-state index contributed by atoms with van der Waals surface area (Å²) in [7, 11) is 0. The van der Waals surface area contributed by atoms with Crippen LogP contribution in [0.15, 0.2) is 48.8 Å². The Labute approximate surface area is 101 Å². The topological polar surface area (TPSA) is 112 Å². The standard InChI is InChI=1S/C6H4N2O4.C4H4N2/c9-7(10)5-1-2-6(4-3-5)8(11)12;1-2-4-6-5-3-1/h1-4H;1-4H. The molecule has 2 aromatic rings. The van der Waals surface area contributed by atoms with Crippen LogP contribution in [0.4, 0.5) is 11.4 Å². The fourth-order valence-corrected chi connectivity index (χ4v) is 0.949. The van der Waals surface area contributed by atoms with Crippen LogP contribution in [0.3, 0.4) is 0 Å². The summed E-state index contributed by atoms with van der Waals surface area (Å²) in [6, 6.07) is 8.03. The second-order valence-corrected chi connectivity index (χ2v) is 2.94. The molecule has 0 N–H and O–H groups in total. The molecule has 0 radical (unpaired) electrons. The van der Waals surface area contributed by atoms with Crippen molar-refractivity contribution in [2.24, 2.45) is 0 Å². The molecule has 0 fully saturated rings. The number of hydrogen-bond acceptors (Lipinski definition) is 6. The normalized spacial score (nSPS) is 8.89. The molecule has 1 aromatic carbocycles. The maximum atomic E-state index is 10.1. The number of nitro groups is 2. The molecule has 8 heteroatoms. The van der Waals surface area contributed by atoms with E-state index in [2.05, 4.69) is 10.2 Å². The minimum atomic E-state index is -0.607. The molecule has 0 aliphatic rings. The Kier molecular flexibility index (Phi) is 4.85. The van der Waals surface area contributed by atoms with E-state index in [1.54, 1.807) is 12.4 Å². The van der Waals surface area contributed by atoms with Gasteiger partial charge in [-0.2, -0.15) is 10.2 Å². The first-order valence-electron chi connectivity index (χ1n) is 4.72. The molecule has 0 aliphatic heterocycles. The number of hydrogen-bond donors (Lipinski definition) is 0. The molecule has 1 aromatic heterocycles. The van der Waals surface area contributed by atoms with Gasteiger partial charge in [-0.25, -0.2) is 0 Å². The summed E-state index contributed by atoms with van der Waals surface area (Å²) < 4.78 is 0. The van der Waals surface area contributed by atoms with Crippen molar-refractivity contribution in [2.45, 2.75) is 0 Å². The zero-order valence-corrected chi connectivity index (χ0v) is 9.04. The van der Waals surface area contributed by atoms with Crippen molar-refractivity contribution in [3.63, 3.8) is 0 Å². The molecular formula is C10H8N4O4. The van der Waals surface area contributed by atoms with E-state index in [9.17, 15) is 20.2 Å². The van der Waals surface area contributed by atoms with E-state index < -0.39 is 9.85 Å². The van der Waals surface area contributed by atoms with Gasteiger partial charge in [0.1, 0.15) is 0 Å². The number of non-ortho nitro benzene ring substituents is 2. The predicted octanol–water partition coefficient (Wildman–Crippen LogP) is 1.98. The fourth-order valence-electron chi connectivity index (χ4n) is 0.949. The largest absolute Gasteiger partial charge is 0.269 e. The first kappa shape index (κ1) is 13.2. The van der Waals surface area contributed by atoms with E-state index in [0.29, 0.717) is 0 Å². The van der Waals surface area contributed by atoms with E-state index in [1.165, 1.54) is 0 Å². The van der Waals surface area contributed by atoms with Gasteiger partial charge in [0, 0.05) is 36.7 Å². The molecular weight excluding hydrogens is 240 g/mol. The highest BCUT2D eigenvalue weighted by Crippen LogP contribution is 2.16. The van der Waals surface area contributed by atoms with Crippen LogP contribution in [0.1, 0.15) is 0 Å². The molecule has 0 bridgehead atoms. The smallest absolute Gasteiger partial charge is 0.258 e. The highest BCUT2D eigenvalue weighted by atomic mass is 16.6. The summed E-state index contributed by atoms with van der Waals surface area (Å²) in [6.45, 7) is 0. The van der Waals surface area contributed by atoms with Crippen molar-refractivity contribution in [2.75, 3.05) is 0 Å². The molecule has 0 amide bonds. The third kappa shape index (κ3) is 4.31. The number of aromatic nitrogens is 2. The quantitative estimate of drug-likeness (QED) is 0.593. The number of benzene rings is 1. The van der Waals surface area contributed by atoms with Gasteiger partial charge in [-0.15, -0.1) is 0 Å². The number of nitrogens with zero attached hydrogens (tertiary/aromatic N) is 4. The van der Waals surface area contributed by atoms with Crippen LogP contribution in [0.2, 0.25) is 0 Å². The van der Waals surface area contributed by atoms with E-state index in [4.69, 9.17) is 0 Å². The number of rotatable bonds is 2. The Balaban J connectivity index is 0.000000225. The van der Waals surface area contributed by atoms with Crippen LogP contribution in [0.25, 0.3) is 0 Å². The summed E-state index contributed by atoms with van der Waals surface area (Å²) in [6.07, 6.45) is 3.28. The van der Waals surface area contributed by atoms with E-state index in [1.807, 2.05) is 12.1 Å². The van der Waals surface area contributed by atoms with Crippen LogP contribution in [-0.2, 0) is 0 Å². The molecule has 92 valence electrons. The molecule has 0 saturated heterocycles. The summed E-state index contributed by atoms with van der Waals surface area (Å²) >= 11 is 0. The minimum absolute atomic E-state index is 0.152.